The van der Waals surface area contributed by atoms with Gasteiger partial charge in [-0.15, -0.1) is 0 Å². The van der Waals surface area contributed by atoms with Crippen LogP contribution >= 0.6 is 0 Å². The van der Waals surface area contributed by atoms with Gasteiger partial charge in [0.2, 0.25) is 0 Å². The first kappa shape index (κ1) is 10.1. The number of hydrogen-bond donors (Lipinski definition) is 2. The molecule has 3 heteroatoms. The molecule has 11 heavy (non-hydrogen) atoms. The second-order valence-electron chi connectivity index (χ2n) is 2.17. The van der Waals surface area contributed by atoms with Gasteiger partial charge in [-0.05, 0) is 30.2 Å². The molecule has 0 spiro atoms. The van der Waals surface area contributed by atoms with Crippen molar-refractivity contribution in [3.05, 3.63) is 23.8 Å². The number of phenols is 2. The standard InChI is InChI=1S/C8H10O2.ClH/c1-2-6-5-7(9)3-4-8(6)10;/h3-5,9-10H,2H2,1H3;1H/p-1. The van der Waals surface area contributed by atoms with Crippen LogP contribution in [0, 0.1) is 0 Å². The highest BCUT2D eigenvalue weighted by Crippen LogP contribution is 2.21. The fourth-order valence-electron chi connectivity index (χ4n) is 0.855. The molecule has 2 N–H and O–H groups in total. The smallest absolute Gasteiger partial charge is 0.119 e. The lowest BCUT2D eigenvalue weighted by Crippen LogP contribution is -3.00. The van der Waals surface area contributed by atoms with Crippen LogP contribution < -0.4 is 12.4 Å². The van der Waals surface area contributed by atoms with E-state index in [9.17, 15) is 0 Å². The lowest BCUT2D eigenvalue weighted by molar-refractivity contribution is -0.00000414. The molecule has 0 fully saturated rings. The van der Waals surface area contributed by atoms with Gasteiger partial charge >= 0.3 is 0 Å². The zero-order valence-corrected chi connectivity index (χ0v) is 6.97. The van der Waals surface area contributed by atoms with Gasteiger partial charge in [0.15, 0.2) is 0 Å². The van der Waals surface area contributed by atoms with Crippen LogP contribution in [-0.2, 0) is 6.42 Å². The molecule has 1 aromatic carbocycles. The van der Waals surface area contributed by atoms with Crippen LogP contribution in [-0.4, -0.2) is 10.2 Å². The van der Waals surface area contributed by atoms with Crippen LogP contribution in [0.4, 0.5) is 0 Å². The number of hydrogen-bond acceptors (Lipinski definition) is 2. The topological polar surface area (TPSA) is 40.5 Å². The molecule has 0 bridgehead atoms. The molecule has 0 amide bonds. The Bertz CT molecular complexity index is 236. The predicted molar refractivity (Wildman–Crippen MR) is 39.1 cm³/mol. The molecule has 0 unspecified atom stereocenters. The molecule has 0 atom stereocenters. The lowest BCUT2D eigenvalue weighted by atomic mass is 10.1. The first-order valence-electron chi connectivity index (χ1n) is 3.25. The van der Waals surface area contributed by atoms with Gasteiger partial charge in [-0.2, -0.15) is 0 Å². The number of aryl methyl sites for hydroxylation is 1. The summed E-state index contributed by atoms with van der Waals surface area (Å²) in [7, 11) is 0. The third kappa shape index (κ3) is 2.31. The average molecular weight is 174 g/mol. The van der Waals surface area contributed by atoms with Crippen molar-refractivity contribution in [1.82, 2.24) is 0 Å². The molecule has 0 aliphatic carbocycles. The molecule has 0 aliphatic heterocycles. The summed E-state index contributed by atoms with van der Waals surface area (Å²) < 4.78 is 0. The van der Waals surface area contributed by atoms with Crippen molar-refractivity contribution in [2.24, 2.45) is 0 Å². The predicted octanol–water partition coefficient (Wildman–Crippen LogP) is -1.34. The van der Waals surface area contributed by atoms with Crippen LogP contribution in [0.5, 0.6) is 11.5 Å². The van der Waals surface area contributed by atoms with Gasteiger partial charge in [0.25, 0.3) is 0 Å². The molecule has 1 rings (SSSR count). The van der Waals surface area contributed by atoms with Crippen molar-refractivity contribution in [3.63, 3.8) is 0 Å². The Balaban J connectivity index is 0.000001000. The maximum atomic E-state index is 9.12. The molecule has 0 aromatic heterocycles. The maximum Gasteiger partial charge on any atom is 0.119 e. The van der Waals surface area contributed by atoms with Gasteiger partial charge in [-0.25, -0.2) is 0 Å². The summed E-state index contributed by atoms with van der Waals surface area (Å²) in [6, 6.07) is 4.53. The first-order valence-corrected chi connectivity index (χ1v) is 3.25. The number of benzene rings is 1. The van der Waals surface area contributed by atoms with Gasteiger partial charge in [0.1, 0.15) is 11.5 Å². The number of phenolic OH excluding ortho intramolecular Hbond substituents is 2. The quantitative estimate of drug-likeness (QED) is 0.517. The molecule has 0 saturated heterocycles. The van der Waals surface area contributed by atoms with Crippen LogP contribution in [0.3, 0.4) is 0 Å². The second-order valence-corrected chi connectivity index (χ2v) is 2.17. The van der Waals surface area contributed by atoms with Crippen molar-refractivity contribution in [3.8, 4) is 11.5 Å². The fourth-order valence-corrected chi connectivity index (χ4v) is 0.855. The Kier molecular flexibility index (Phi) is 3.76. The SMILES string of the molecule is CCc1cc(O)ccc1O.[Cl-]. The van der Waals surface area contributed by atoms with E-state index in [0.29, 0.717) is 0 Å². The summed E-state index contributed by atoms with van der Waals surface area (Å²) >= 11 is 0. The Morgan fingerprint density at radius 1 is 1.27 bits per heavy atom. The van der Waals surface area contributed by atoms with Gasteiger partial charge in [-0.3, -0.25) is 0 Å². The Hall–Kier alpha value is -0.890. The number of halogens is 1. The van der Waals surface area contributed by atoms with E-state index < -0.39 is 0 Å². The number of rotatable bonds is 1. The first-order chi connectivity index (χ1) is 4.74. The van der Waals surface area contributed by atoms with Crippen LogP contribution in [0.15, 0.2) is 18.2 Å². The van der Waals surface area contributed by atoms with Crippen LogP contribution in [0.25, 0.3) is 0 Å². The summed E-state index contributed by atoms with van der Waals surface area (Å²) in [6.45, 7) is 1.93. The maximum absolute atomic E-state index is 9.12. The van der Waals surface area contributed by atoms with Crippen LogP contribution in [0.2, 0.25) is 0 Å². The number of aromatic hydroxyl groups is 2. The summed E-state index contributed by atoms with van der Waals surface area (Å²) in [5, 5.41) is 18.1. The van der Waals surface area contributed by atoms with E-state index in [1.165, 1.54) is 12.1 Å². The molecular weight excluding hydrogens is 164 g/mol. The summed E-state index contributed by atoms with van der Waals surface area (Å²) in [6.07, 6.45) is 0.736. The van der Waals surface area contributed by atoms with Gasteiger partial charge in [0.05, 0.1) is 0 Å². The highest BCUT2D eigenvalue weighted by Gasteiger charge is 1.97. The second kappa shape index (κ2) is 4.09. The molecule has 0 heterocycles. The van der Waals surface area contributed by atoms with Crippen molar-refractivity contribution >= 4 is 0 Å². The Morgan fingerprint density at radius 2 is 1.91 bits per heavy atom. The highest BCUT2D eigenvalue weighted by atomic mass is 35.5. The van der Waals surface area contributed by atoms with E-state index in [4.69, 9.17) is 10.2 Å². The average Bonchev–Trinajstić information content (AvgIpc) is 1.94. The Morgan fingerprint density at radius 3 is 2.36 bits per heavy atom. The largest absolute Gasteiger partial charge is 1.00 e. The molecule has 1 aromatic rings. The molecule has 0 saturated carbocycles. The van der Waals surface area contributed by atoms with Gasteiger partial charge < -0.3 is 22.6 Å². The van der Waals surface area contributed by atoms with E-state index in [1.54, 1.807) is 6.07 Å². The van der Waals surface area contributed by atoms with Gasteiger partial charge in [-0.1, -0.05) is 6.92 Å². The van der Waals surface area contributed by atoms with Crippen molar-refractivity contribution < 1.29 is 22.6 Å². The summed E-state index contributed by atoms with van der Waals surface area (Å²) in [5.74, 6) is 0.454. The van der Waals surface area contributed by atoms with E-state index >= 15 is 0 Å². The lowest BCUT2D eigenvalue weighted by Gasteiger charge is -2.00. The van der Waals surface area contributed by atoms with Crippen molar-refractivity contribution in [2.75, 3.05) is 0 Å². The van der Waals surface area contributed by atoms with Crippen molar-refractivity contribution in [1.29, 1.82) is 0 Å². The normalized spacial score (nSPS) is 8.82. The minimum absolute atomic E-state index is 0. The van der Waals surface area contributed by atoms with Crippen molar-refractivity contribution in [2.45, 2.75) is 13.3 Å². The third-order valence-corrected chi connectivity index (χ3v) is 1.44. The molecule has 62 valence electrons. The third-order valence-electron chi connectivity index (χ3n) is 1.44. The zero-order valence-electron chi connectivity index (χ0n) is 6.21. The van der Waals surface area contributed by atoms with E-state index in [1.807, 2.05) is 6.92 Å². The minimum Gasteiger partial charge on any atom is -1.00 e. The van der Waals surface area contributed by atoms with Gasteiger partial charge in [0, 0.05) is 0 Å². The van der Waals surface area contributed by atoms with Crippen LogP contribution in [0.1, 0.15) is 12.5 Å². The fraction of sp³-hybridized carbons (Fsp3) is 0.250. The van der Waals surface area contributed by atoms with E-state index in [2.05, 4.69) is 0 Å². The summed E-state index contributed by atoms with van der Waals surface area (Å²) in [5.41, 5.74) is 0.778. The van der Waals surface area contributed by atoms with E-state index in [0.717, 1.165) is 12.0 Å². The summed E-state index contributed by atoms with van der Waals surface area (Å²) in [4.78, 5) is 0. The molecular formula is C8H10ClO2-. The monoisotopic (exact) mass is 173 g/mol. The Labute approximate surface area is 71.9 Å². The minimum atomic E-state index is 0. The zero-order chi connectivity index (χ0) is 7.56. The molecule has 0 radical (unpaired) electrons. The highest BCUT2D eigenvalue weighted by molar-refractivity contribution is 5.38. The molecule has 2 nitrogen and oxygen atoms in total. The van der Waals surface area contributed by atoms with E-state index in [-0.39, 0.29) is 23.9 Å². The molecule has 0 aliphatic rings.